The number of nitro groups is 1. The van der Waals surface area contributed by atoms with E-state index in [1.54, 1.807) is 12.1 Å². The highest BCUT2D eigenvalue weighted by Gasteiger charge is 2.08. The number of nitrogens with zero attached hydrogens (tertiary/aromatic N) is 2. The van der Waals surface area contributed by atoms with E-state index in [-0.39, 0.29) is 10.6 Å². The van der Waals surface area contributed by atoms with Gasteiger partial charge in [-0.1, -0.05) is 226 Å². The first-order chi connectivity index (χ1) is 35.4. The zero-order valence-electron chi connectivity index (χ0n) is 46.3. The molecule has 6 atom stereocenters. The van der Waals surface area contributed by atoms with Crippen LogP contribution < -0.4 is 0 Å². The Morgan fingerprint density at radius 2 is 0.743 bits per heavy atom. The third-order valence-corrected chi connectivity index (χ3v) is 15.4. The Kier molecular flexibility index (Phi) is 32.3. The monoisotopic (exact) mass is 1190 g/mol. The highest BCUT2D eigenvalue weighted by molar-refractivity contribution is 14.1. The normalized spacial score (nSPS) is 12.6. The van der Waals surface area contributed by atoms with Gasteiger partial charge in [-0.15, -0.1) is 0 Å². The molecule has 7 rings (SSSR count). The zero-order valence-corrected chi connectivity index (χ0v) is 50.8. The molecule has 6 unspecified atom stereocenters. The Hall–Kier alpha value is -5.07. The van der Waals surface area contributed by atoms with Crippen LogP contribution in [0.4, 0.5) is 5.69 Å². The van der Waals surface area contributed by atoms with Crippen LogP contribution in [0.25, 0.3) is 11.1 Å². The molecule has 0 aliphatic rings. The molecule has 7 aromatic rings. The second-order valence-electron chi connectivity index (χ2n) is 19.1. The van der Waals surface area contributed by atoms with Gasteiger partial charge in [-0.05, 0) is 190 Å². The maximum Gasteiger partial charge on any atom is 0.269 e. The summed E-state index contributed by atoms with van der Waals surface area (Å²) in [7, 11) is 0. The molecule has 0 spiro atoms. The number of hydrogen-bond donors (Lipinski definition) is 0. The van der Waals surface area contributed by atoms with E-state index in [2.05, 4.69) is 243 Å². The maximum atomic E-state index is 10.4. The number of nitriles is 1. The Morgan fingerprint density at radius 1 is 0.459 bits per heavy atom. The highest BCUT2D eigenvalue weighted by Crippen LogP contribution is 2.26. The fourth-order valence-electron chi connectivity index (χ4n) is 7.23. The van der Waals surface area contributed by atoms with Gasteiger partial charge in [0.15, 0.2) is 0 Å². The van der Waals surface area contributed by atoms with Crippen LogP contribution in [-0.4, -0.2) is 4.92 Å². The number of nitro benzene ring substituents is 1. The Bertz CT molecular complexity index is 2480. The molecule has 74 heavy (non-hydrogen) atoms. The number of benzene rings is 7. The van der Waals surface area contributed by atoms with Gasteiger partial charge >= 0.3 is 0 Å². The fraction of sp³-hybridized carbons (Fsp3) is 0.358. The molecule has 0 radical (unpaired) electrons. The number of rotatable bonds is 14. The fourth-order valence-corrected chi connectivity index (χ4v) is 7.98. The predicted molar refractivity (Wildman–Crippen MR) is 333 cm³/mol. The standard InChI is InChI=1S/C16H18.C11H13N.C10H13Br.C10H13Cl.C10H13I.C10H13NO2/c1-3-13(2)14-9-11-16(12-10-14)15-7-5-4-6-8-15;1-3-9(2)11-6-4-10(8-12)5-7-11;3*1-3-8(2)9-4-6-10(11)7-5-9;1-3-8(2)9-4-6-10(7-5-9)11(12)13/h4-13H,3H2,1-2H3;4-7,9H,3H2,1-2H3;3*4-8H,3H2,1-2H3;4-8H,3H2,1-2H3. The summed E-state index contributed by atoms with van der Waals surface area (Å²) in [6.07, 6.45) is 7.01. The summed E-state index contributed by atoms with van der Waals surface area (Å²) in [5.74, 6) is 3.76. The second-order valence-corrected chi connectivity index (χ2v) is 21.7. The van der Waals surface area contributed by atoms with Crippen LogP contribution in [0, 0.1) is 25.0 Å². The largest absolute Gasteiger partial charge is 0.269 e. The number of halogens is 3. The molecule has 0 aliphatic carbocycles. The molecule has 394 valence electrons. The lowest BCUT2D eigenvalue weighted by Gasteiger charge is -2.09. The SMILES string of the molecule is CCC(C)c1ccc(-c2ccccc2)cc1.CCC(C)c1ccc(Br)cc1.CCC(C)c1ccc(C#N)cc1.CCC(C)c1ccc(Cl)cc1.CCC(C)c1ccc(I)cc1.CCC(C)c1ccc([N+](=O)[O-])cc1. The molecular formula is C67H83BrClIN2O2. The summed E-state index contributed by atoms with van der Waals surface area (Å²) in [6.45, 7) is 26.5. The smallest absolute Gasteiger partial charge is 0.258 e. The second kappa shape index (κ2) is 36.8. The van der Waals surface area contributed by atoms with Crippen molar-refractivity contribution in [3.8, 4) is 17.2 Å². The minimum Gasteiger partial charge on any atom is -0.258 e. The first kappa shape index (κ1) is 65.0. The Balaban J connectivity index is 0.000000306. The first-order valence-corrected chi connectivity index (χ1v) is 28.9. The molecular weight excluding hydrogens is 1110 g/mol. The van der Waals surface area contributed by atoms with E-state index in [1.807, 2.05) is 48.5 Å². The minimum atomic E-state index is -0.375. The minimum absolute atomic E-state index is 0.159. The van der Waals surface area contributed by atoms with Crippen molar-refractivity contribution in [3.63, 3.8) is 0 Å². The molecule has 0 heterocycles. The lowest BCUT2D eigenvalue weighted by Crippen LogP contribution is -1.92. The summed E-state index contributed by atoms with van der Waals surface area (Å²) >= 11 is 11.5. The quantitative estimate of drug-likeness (QED) is 0.0619. The molecule has 7 aromatic carbocycles. The molecule has 0 saturated carbocycles. The van der Waals surface area contributed by atoms with Gasteiger partial charge < -0.3 is 0 Å². The van der Waals surface area contributed by atoms with Gasteiger partial charge in [0.2, 0.25) is 0 Å². The van der Waals surface area contributed by atoms with Crippen molar-refractivity contribution in [2.24, 2.45) is 0 Å². The molecule has 0 N–H and O–H groups in total. The van der Waals surface area contributed by atoms with Gasteiger partial charge in [0, 0.05) is 25.2 Å². The van der Waals surface area contributed by atoms with Crippen LogP contribution in [-0.2, 0) is 0 Å². The van der Waals surface area contributed by atoms with Crippen LogP contribution in [0.15, 0.2) is 180 Å². The van der Waals surface area contributed by atoms with E-state index in [4.69, 9.17) is 16.9 Å². The molecule has 0 fully saturated rings. The predicted octanol–water partition coefficient (Wildman–Crippen LogP) is 22.7. The lowest BCUT2D eigenvalue weighted by atomic mass is 9.96. The van der Waals surface area contributed by atoms with E-state index < -0.39 is 0 Å². The average Bonchev–Trinajstić information content (AvgIpc) is 3.45. The average molecular weight is 1190 g/mol. The molecule has 0 aliphatic heterocycles. The Morgan fingerprint density at radius 3 is 1.07 bits per heavy atom. The van der Waals surface area contributed by atoms with Crippen LogP contribution in [0.3, 0.4) is 0 Å². The van der Waals surface area contributed by atoms with Gasteiger partial charge in [0.05, 0.1) is 16.6 Å². The molecule has 0 aromatic heterocycles. The topological polar surface area (TPSA) is 66.9 Å². The van der Waals surface area contributed by atoms with E-state index in [9.17, 15) is 10.1 Å². The van der Waals surface area contributed by atoms with Crippen molar-refractivity contribution in [1.82, 2.24) is 0 Å². The molecule has 7 heteroatoms. The van der Waals surface area contributed by atoms with Crippen molar-refractivity contribution in [3.05, 3.63) is 238 Å². The third-order valence-electron chi connectivity index (χ3n) is 13.9. The molecule has 4 nitrogen and oxygen atoms in total. The van der Waals surface area contributed by atoms with Crippen molar-refractivity contribution in [1.29, 1.82) is 5.26 Å². The summed E-state index contributed by atoms with van der Waals surface area (Å²) in [5.41, 5.74) is 11.6. The van der Waals surface area contributed by atoms with E-state index in [1.165, 1.54) is 68.2 Å². The van der Waals surface area contributed by atoms with Crippen LogP contribution in [0.1, 0.15) is 196 Å². The maximum absolute atomic E-state index is 10.4. The molecule has 0 amide bonds. The van der Waals surface area contributed by atoms with E-state index in [0.29, 0.717) is 35.5 Å². The highest BCUT2D eigenvalue weighted by atomic mass is 127. The zero-order chi connectivity index (χ0) is 55.0. The first-order valence-electron chi connectivity index (χ1n) is 26.6. The van der Waals surface area contributed by atoms with Crippen molar-refractivity contribution >= 4 is 55.8 Å². The Labute approximate surface area is 474 Å². The van der Waals surface area contributed by atoms with Gasteiger partial charge in [0.1, 0.15) is 0 Å². The van der Waals surface area contributed by atoms with Gasteiger partial charge in [0.25, 0.3) is 5.69 Å². The summed E-state index contributed by atoms with van der Waals surface area (Å²) in [4.78, 5) is 9.98. The number of hydrogen-bond acceptors (Lipinski definition) is 3. The van der Waals surface area contributed by atoms with E-state index >= 15 is 0 Å². The van der Waals surface area contributed by atoms with Crippen LogP contribution >= 0.6 is 50.1 Å². The molecule has 0 bridgehead atoms. The lowest BCUT2D eigenvalue weighted by molar-refractivity contribution is -0.384. The summed E-state index contributed by atoms with van der Waals surface area (Å²) in [6, 6.07) is 61.6. The van der Waals surface area contributed by atoms with Gasteiger partial charge in [-0.2, -0.15) is 5.26 Å². The van der Waals surface area contributed by atoms with Crippen molar-refractivity contribution in [2.75, 3.05) is 0 Å². The summed E-state index contributed by atoms with van der Waals surface area (Å²) < 4.78 is 2.47. The van der Waals surface area contributed by atoms with Crippen molar-refractivity contribution in [2.45, 2.75) is 157 Å². The van der Waals surface area contributed by atoms with E-state index in [0.717, 1.165) is 33.5 Å². The number of non-ortho nitro benzene ring substituents is 1. The van der Waals surface area contributed by atoms with Crippen LogP contribution in [0.5, 0.6) is 0 Å². The third kappa shape index (κ3) is 24.5. The van der Waals surface area contributed by atoms with Crippen molar-refractivity contribution < 1.29 is 4.92 Å². The molecule has 0 saturated heterocycles. The van der Waals surface area contributed by atoms with Gasteiger partial charge in [-0.3, -0.25) is 10.1 Å². The van der Waals surface area contributed by atoms with Gasteiger partial charge in [-0.25, -0.2) is 0 Å². The summed E-state index contributed by atoms with van der Waals surface area (Å²) in [5, 5.41) is 19.7. The van der Waals surface area contributed by atoms with Crippen LogP contribution in [0.2, 0.25) is 5.02 Å².